The fraction of sp³-hybridized carbons (Fsp3) is 0.400. The standard InChI is InChI=1S/C5H9N4OSe/c1-3(4(2)9-10)7-8-5(6)11/h10H,1-2H3,(H2,6,8). The molecule has 11 heavy (non-hydrogen) atoms. The Morgan fingerprint density at radius 1 is 1.27 bits per heavy atom. The first-order chi connectivity index (χ1) is 5.07. The van der Waals surface area contributed by atoms with Crippen LogP contribution in [0.3, 0.4) is 0 Å². The molecule has 0 atom stereocenters. The molecule has 0 spiro atoms. The van der Waals surface area contributed by atoms with Crippen LogP contribution in [-0.2, 0) is 0 Å². The number of hydrogen-bond donors (Lipinski definition) is 2. The van der Waals surface area contributed by atoms with Crippen LogP contribution >= 0.6 is 0 Å². The van der Waals surface area contributed by atoms with Crippen molar-refractivity contribution in [2.75, 3.05) is 0 Å². The molecule has 0 aromatic rings. The van der Waals surface area contributed by atoms with Crippen LogP contribution in [0.15, 0.2) is 15.4 Å². The molecule has 0 amide bonds. The monoisotopic (exact) mass is 221 g/mol. The van der Waals surface area contributed by atoms with Crippen LogP contribution in [0.1, 0.15) is 13.8 Å². The Morgan fingerprint density at radius 3 is 2.18 bits per heavy atom. The van der Waals surface area contributed by atoms with E-state index in [0.29, 0.717) is 11.4 Å². The van der Waals surface area contributed by atoms with E-state index in [-0.39, 0.29) is 4.73 Å². The number of hydrogen-bond acceptors (Lipinski definition) is 4. The summed E-state index contributed by atoms with van der Waals surface area (Å²) in [6, 6.07) is 0. The minimum atomic E-state index is 0.245. The van der Waals surface area contributed by atoms with Crippen molar-refractivity contribution in [2.24, 2.45) is 21.1 Å². The Bertz CT molecular complexity index is 217. The van der Waals surface area contributed by atoms with Gasteiger partial charge < -0.3 is 0 Å². The number of oxime groups is 1. The summed E-state index contributed by atoms with van der Waals surface area (Å²) in [6.07, 6.45) is 0. The van der Waals surface area contributed by atoms with Crippen LogP contribution < -0.4 is 5.73 Å². The van der Waals surface area contributed by atoms with Crippen molar-refractivity contribution in [3.8, 4) is 0 Å². The van der Waals surface area contributed by atoms with Gasteiger partial charge in [0.2, 0.25) is 0 Å². The Hall–Kier alpha value is -0.871. The van der Waals surface area contributed by atoms with E-state index in [1.165, 1.54) is 0 Å². The number of nitrogens with zero attached hydrogens (tertiary/aromatic N) is 3. The SMILES string of the molecule is CC(=NO)C(C)=N/N=C(/N)[Se]. The van der Waals surface area contributed by atoms with E-state index in [2.05, 4.69) is 31.4 Å². The summed E-state index contributed by atoms with van der Waals surface area (Å²) in [6.45, 7) is 3.28. The first-order valence-corrected chi connectivity index (χ1v) is 3.67. The summed E-state index contributed by atoms with van der Waals surface area (Å²) in [5.74, 6) is 0. The number of nitrogens with two attached hydrogens (primary N) is 1. The van der Waals surface area contributed by atoms with Crippen LogP contribution in [0.5, 0.6) is 0 Å². The van der Waals surface area contributed by atoms with Gasteiger partial charge in [0.05, 0.1) is 0 Å². The van der Waals surface area contributed by atoms with Gasteiger partial charge in [-0.3, -0.25) is 0 Å². The van der Waals surface area contributed by atoms with Gasteiger partial charge in [-0.05, 0) is 0 Å². The summed E-state index contributed by atoms with van der Waals surface area (Å²) in [5, 5.41) is 18.4. The summed E-state index contributed by atoms with van der Waals surface area (Å²) >= 11 is 2.47. The van der Waals surface area contributed by atoms with E-state index in [1.807, 2.05) is 0 Å². The van der Waals surface area contributed by atoms with Gasteiger partial charge in [0.25, 0.3) is 0 Å². The molecule has 0 unspecified atom stereocenters. The maximum atomic E-state index is 8.29. The Labute approximate surface area is 72.9 Å². The molecular formula is C5H9N4OSe. The third-order valence-electron chi connectivity index (χ3n) is 0.972. The predicted octanol–water partition coefficient (Wildman–Crippen LogP) is -0.304. The molecule has 0 bridgehead atoms. The summed E-state index contributed by atoms with van der Waals surface area (Å²) in [5.41, 5.74) is 6.10. The molecule has 0 aliphatic carbocycles. The minimum absolute atomic E-state index is 0.245. The van der Waals surface area contributed by atoms with Crippen LogP contribution in [-0.4, -0.2) is 37.4 Å². The quantitative estimate of drug-likeness (QED) is 0.220. The average molecular weight is 220 g/mol. The molecule has 61 valence electrons. The normalized spacial score (nSPS) is 15.3. The molecule has 0 saturated heterocycles. The molecule has 0 saturated carbocycles. The Morgan fingerprint density at radius 2 is 1.82 bits per heavy atom. The Balaban J connectivity index is 4.36. The first-order valence-electron chi connectivity index (χ1n) is 2.81. The fourth-order valence-corrected chi connectivity index (χ4v) is 0.355. The molecule has 0 aliphatic heterocycles. The zero-order chi connectivity index (χ0) is 8.85. The molecule has 0 heterocycles. The molecule has 5 nitrogen and oxygen atoms in total. The van der Waals surface area contributed by atoms with Gasteiger partial charge in [0.15, 0.2) is 0 Å². The number of amidine groups is 1. The Kier molecular flexibility index (Phi) is 4.49. The summed E-state index contributed by atoms with van der Waals surface area (Å²) in [7, 11) is 0. The van der Waals surface area contributed by atoms with Crippen molar-refractivity contribution in [3.05, 3.63) is 0 Å². The maximum absolute atomic E-state index is 8.29. The molecular weight excluding hydrogens is 211 g/mol. The molecule has 3 N–H and O–H groups in total. The van der Waals surface area contributed by atoms with Crippen LogP contribution in [0.25, 0.3) is 0 Å². The fourth-order valence-electron chi connectivity index (χ4n) is 0.269. The van der Waals surface area contributed by atoms with Crippen molar-refractivity contribution in [1.82, 2.24) is 0 Å². The van der Waals surface area contributed by atoms with Gasteiger partial charge in [-0.2, -0.15) is 0 Å². The molecule has 0 rings (SSSR count). The third kappa shape index (κ3) is 4.52. The van der Waals surface area contributed by atoms with Crippen molar-refractivity contribution in [2.45, 2.75) is 13.8 Å². The van der Waals surface area contributed by atoms with Crippen molar-refractivity contribution >= 4 is 32.2 Å². The van der Waals surface area contributed by atoms with Crippen molar-refractivity contribution in [3.63, 3.8) is 0 Å². The van der Waals surface area contributed by atoms with Crippen LogP contribution in [0.2, 0.25) is 0 Å². The molecule has 0 aromatic heterocycles. The first kappa shape index (κ1) is 10.1. The van der Waals surface area contributed by atoms with Gasteiger partial charge in [0.1, 0.15) is 0 Å². The van der Waals surface area contributed by atoms with Gasteiger partial charge in [0, 0.05) is 0 Å². The molecule has 6 heteroatoms. The van der Waals surface area contributed by atoms with E-state index in [9.17, 15) is 0 Å². The topological polar surface area (TPSA) is 83.3 Å². The van der Waals surface area contributed by atoms with Crippen LogP contribution in [0.4, 0.5) is 0 Å². The van der Waals surface area contributed by atoms with Crippen molar-refractivity contribution < 1.29 is 5.21 Å². The average Bonchev–Trinajstić information content (AvgIpc) is 1.98. The van der Waals surface area contributed by atoms with Gasteiger partial charge in [-0.25, -0.2) is 0 Å². The molecule has 1 radical (unpaired) electrons. The van der Waals surface area contributed by atoms with Crippen LogP contribution in [0, 0.1) is 0 Å². The van der Waals surface area contributed by atoms with E-state index >= 15 is 0 Å². The second-order valence-electron chi connectivity index (χ2n) is 1.81. The van der Waals surface area contributed by atoms with E-state index < -0.39 is 0 Å². The summed E-state index contributed by atoms with van der Waals surface area (Å²) in [4.78, 5) is 0. The molecule has 0 fully saturated rings. The molecule has 0 aromatic carbocycles. The van der Waals surface area contributed by atoms with E-state index in [0.717, 1.165) is 0 Å². The third-order valence-corrected chi connectivity index (χ3v) is 1.14. The van der Waals surface area contributed by atoms with Gasteiger partial charge in [-0.15, -0.1) is 0 Å². The zero-order valence-corrected chi connectivity index (χ0v) is 7.99. The van der Waals surface area contributed by atoms with Gasteiger partial charge >= 0.3 is 72.3 Å². The van der Waals surface area contributed by atoms with Gasteiger partial charge in [-0.1, -0.05) is 0 Å². The summed E-state index contributed by atoms with van der Waals surface area (Å²) < 4.78 is 0.245. The van der Waals surface area contributed by atoms with Crippen molar-refractivity contribution in [1.29, 1.82) is 0 Å². The zero-order valence-electron chi connectivity index (χ0n) is 6.27. The number of rotatable bonds is 2. The molecule has 0 aliphatic rings. The predicted molar refractivity (Wildman–Crippen MR) is 45.4 cm³/mol. The van der Waals surface area contributed by atoms with E-state index in [1.54, 1.807) is 13.8 Å². The van der Waals surface area contributed by atoms with E-state index in [4.69, 9.17) is 10.9 Å². The second-order valence-corrected chi connectivity index (χ2v) is 2.69. The second kappa shape index (κ2) is 4.87.